The molecule has 124 valence electrons. The third kappa shape index (κ3) is 4.43. The smallest absolute Gasteiger partial charge is 0.303 e. The molecule has 0 saturated heterocycles. The first kappa shape index (κ1) is 16.2. The Kier molecular flexibility index (Phi) is 5.23. The number of H-pyrrole nitrogens is 1. The second-order valence-corrected chi connectivity index (χ2v) is 5.99. The zero-order valence-corrected chi connectivity index (χ0v) is 13.4. The molecule has 0 aliphatic heterocycles. The van der Waals surface area contributed by atoms with Gasteiger partial charge in [0.25, 0.3) is 0 Å². The second-order valence-electron chi connectivity index (χ2n) is 5.99. The van der Waals surface area contributed by atoms with Gasteiger partial charge in [0.15, 0.2) is 0 Å². The van der Waals surface area contributed by atoms with Crippen molar-refractivity contribution in [2.24, 2.45) is 0 Å². The molecule has 1 atom stereocenters. The van der Waals surface area contributed by atoms with Crippen LogP contribution in [0, 0.1) is 0 Å². The highest BCUT2D eigenvalue weighted by molar-refractivity contribution is 5.78. The van der Waals surface area contributed by atoms with Crippen LogP contribution in [-0.4, -0.2) is 27.3 Å². The molecular formula is C19H21N3O2. The van der Waals surface area contributed by atoms with Crippen molar-refractivity contribution in [3.8, 4) is 0 Å². The molecule has 0 radical (unpaired) electrons. The van der Waals surface area contributed by atoms with Gasteiger partial charge in [-0.05, 0) is 30.0 Å². The summed E-state index contributed by atoms with van der Waals surface area (Å²) in [5.74, 6) is -0.756. The number of aromatic amines is 1. The highest BCUT2D eigenvalue weighted by Gasteiger charge is 2.12. The molecule has 3 N–H and O–H groups in total. The molecule has 1 unspecified atom stereocenters. The van der Waals surface area contributed by atoms with Crippen LogP contribution in [0.3, 0.4) is 0 Å². The molecule has 0 bridgehead atoms. The predicted octanol–water partition coefficient (Wildman–Crippen LogP) is 3.13. The number of nitrogens with zero attached hydrogens (tertiary/aromatic N) is 1. The van der Waals surface area contributed by atoms with Gasteiger partial charge in [0.2, 0.25) is 0 Å². The maximum atomic E-state index is 10.9. The van der Waals surface area contributed by atoms with Crippen LogP contribution in [0.2, 0.25) is 0 Å². The van der Waals surface area contributed by atoms with Crippen molar-refractivity contribution < 1.29 is 9.90 Å². The van der Waals surface area contributed by atoms with Crippen LogP contribution in [0.4, 0.5) is 0 Å². The van der Waals surface area contributed by atoms with E-state index in [9.17, 15) is 4.79 Å². The molecule has 5 heteroatoms. The summed E-state index contributed by atoms with van der Waals surface area (Å²) in [5.41, 5.74) is 3.38. The Morgan fingerprint density at radius 3 is 2.79 bits per heavy atom. The average molecular weight is 323 g/mol. The molecule has 0 fully saturated rings. The van der Waals surface area contributed by atoms with Crippen molar-refractivity contribution in [1.29, 1.82) is 0 Å². The maximum absolute atomic E-state index is 10.9. The van der Waals surface area contributed by atoms with Crippen molar-refractivity contribution >= 4 is 16.9 Å². The quantitative estimate of drug-likeness (QED) is 0.595. The zero-order chi connectivity index (χ0) is 16.8. The topological polar surface area (TPSA) is 78.0 Å². The largest absolute Gasteiger partial charge is 0.481 e. The Hall–Kier alpha value is -2.66. The van der Waals surface area contributed by atoms with Gasteiger partial charge >= 0.3 is 5.97 Å². The van der Waals surface area contributed by atoms with Gasteiger partial charge in [-0.25, -0.2) is 0 Å². The Balaban J connectivity index is 1.64. The molecule has 3 rings (SSSR count). The fourth-order valence-electron chi connectivity index (χ4n) is 2.83. The van der Waals surface area contributed by atoms with E-state index in [-0.39, 0.29) is 12.5 Å². The van der Waals surface area contributed by atoms with Crippen LogP contribution >= 0.6 is 0 Å². The fraction of sp³-hybridized carbons (Fsp3) is 0.263. The van der Waals surface area contributed by atoms with Crippen molar-refractivity contribution in [2.75, 3.05) is 0 Å². The maximum Gasteiger partial charge on any atom is 0.303 e. The Morgan fingerprint density at radius 2 is 2.00 bits per heavy atom. The summed E-state index contributed by atoms with van der Waals surface area (Å²) in [6.45, 7) is 0.700. The van der Waals surface area contributed by atoms with E-state index in [4.69, 9.17) is 5.11 Å². The van der Waals surface area contributed by atoms with E-state index in [0.717, 1.165) is 22.9 Å². The van der Waals surface area contributed by atoms with E-state index in [1.807, 2.05) is 24.3 Å². The van der Waals surface area contributed by atoms with Gasteiger partial charge < -0.3 is 10.4 Å². The van der Waals surface area contributed by atoms with E-state index in [1.165, 1.54) is 5.56 Å². The number of aromatic nitrogens is 2. The first-order valence-electron chi connectivity index (χ1n) is 8.12. The number of rotatable bonds is 8. The molecule has 0 spiro atoms. The third-order valence-electron chi connectivity index (χ3n) is 4.13. The molecule has 0 aliphatic carbocycles. The van der Waals surface area contributed by atoms with E-state index in [2.05, 4.69) is 39.8 Å². The van der Waals surface area contributed by atoms with Crippen molar-refractivity contribution in [1.82, 2.24) is 15.5 Å². The second kappa shape index (κ2) is 7.75. The first-order chi connectivity index (χ1) is 11.7. The summed E-state index contributed by atoms with van der Waals surface area (Å²) >= 11 is 0. The summed E-state index contributed by atoms with van der Waals surface area (Å²) in [4.78, 5) is 10.9. The minimum absolute atomic E-state index is 0.126. The molecule has 0 amide bonds. The van der Waals surface area contributed by atoms with E-state index in [1.54, 1.807) is 6.20 Å². The lowest BCUT2D eigenvalue weighted by Gasteiger charge is -2.18. The number of carboxylic acids is 1. The number of fused-ring (bicyclic) bond motifs is 1. The summed E-state index contributed by atoms with van der Waals surface area (Å²) in [6.07, 6.45) is 3.40. The number of hydrogen-bond acceptors (Lipinski definition) is 3. The lowest BCUT2D eigenvalue weighted by Crippen LogP contribution is -2.31. The normalized spacial score (nSPS) is 12.3. The average Bonchev–Trinajstić information content (AvgIpc) is 3.06. The van der Waals surface area contributed by atoms with Gasteiger partial charge in [-0.3, -0.25) is 9.89 Å². The molecule has 0 saturated carbocycles. The van der Waals surface area contributed by atoms with Gasteiger partial charge in [0.1, 0.15) is 0 Å². The molecule has 1 heterocycles. The number of hydrogen-bond donors (Lipinski definition) is 3. The minimum atomic E-state index is -0.756. The molecule has 0 aliphatic rings. The number of carbonyl (C=O) groups is 1. The van der Waals surface area contributed by atoms with Gasteiger partial charge in [-0.1, -0.05) is 42.5 Å². The van der Waals surface area contributed by atoms with Gasteiger partial charge in [-0.2, -0.15) is 5.10 Å². The van der Waals surface area contributed by atoms with Crippen LogP contribution in [0.25, 0.3) is 10.9 Å². The van der Waals surface area contributed by atoms with Crippen LogP contribution in [-0.2, 0) is 17.8 Å². The minimum Gasteiger partial charge on any atom is -0.481 e. The standard InChI is InChI=1S/C19H21N3O2/c23-19(24)9-8-17(10-14-4-2-1-3-5-14)20-12-15-6-7-16-13-21-22-18(16)11-15/h1-7,11,13,17,20H,8-10,12H2,(H,21,22)(H,23,24). The Labute approximate surface area is 140 Å². The predicted molar refractivity (Wildman–Crippen MR) is 93.7 cm³/mol. The molecular weight excluding hydrogens is 302 g/mol. The highest BCUT2D eigenvalue weighted by atomic mass is 16.4. The number of benzene rings is 2. The van der Waals surface area contributed by atoms with Crippen LogP contribution in [0.15, 0.2) is 54.7 Å². The summed E-state index contributed by atoms with van der Waals surface area (Å²) in [7, 11) is 0. The van der Waals surface area contributed by atoms with E-state index in [0.29, 0.717) is 13.0 Å². The monoisotopic (exact) mass is 323 g/mol. The lowest BCUT2D eigenvalue weighted by molar-refractivity contribution is -0.137. The third-order valence-corrected chi connectivity index (χ3v) is 4.13. The summed E-state index contributed by atoms with van der Waals surface area (Å²) in [6, 6.07) is 16.5. The van der Waals surface area contributed by atoms with Gasteiger partial charge in [0, 0.05) is 24.4 Å². The fourth-order valence-corrected chi connectivity index (χ4v) is 2.83. The Morgan fingerprint density at radius 1 is 1.17 bits per heavy atom. The first-order valence-corrected chi connectivity index (χ1v) is 8.12. The number of nitrogens with one attached hydrogen (secondary N) is 2. The SMILES string of the molecule is O=C(O)CCC(Cc1ccccc1)NCc1ccc2cn[nH]c2c1. The number of carboxylic acid groups (broad SMARTS) is 1. The zero-order valence-electron chi connectivity index (χ0n) is 13.4. The lowest BCUT2D eigenvalue weighted by atomic mass is 10.0. The van der Waals surface area contributed by atoms with Crippen LogP contribution < -0.4 is 5.32 Å². The molecule has 24 heavy (non-hydrogen) atoms. The van der Waals surface area contributed by atoms with Gasteiger partial charge in [0.05, 0.1) is 11.7 Å². The van der Waals surface area contributed by atoms with Crippen LogP contribution in [0.1, 0.15) is 24.0 Å². The molecule has 2 aromatic carbocycles. The van der Waals surface area contributed by atoms with E-state index < -0.39 is 5.97 Å². The summed E-state index contributed by atoms with van der Waals surface area (Å²) in [5, 5.41) is 20.6. The highest BCUT2D eigenvalue weighted by Crippen LogP contribution is 2.14. The van der Waals surface area contributed by atoms with Crippen molar-refractivity contribution in [3.05, 3.63) is 65.9 Å². The van der Waals surface area contributed by atoms with Crippen molar-refractivity contribution in [2.45, 2.75) is 31.8 Å². The Bertz CT molecular complexity index is 798. The molecule has 5 nitrogen and oxygen atoms in total. The molecule has 3 aromatic rings. The van der Waals surface area contributed by atoms with Gasteiger partial charge in [-0.15, -0.1) is 0 Å². The van der Waals surface area contributed by atoms with Crippen LogP contribution in [0.5, 0.6) is 0 Å². The molecule has 1 aromatic heterocycles. The summed E-state index contributed by atoms with van der Waals surface area (Å²) < 4.78 is 0. The van der Waals surface area contributed by atoms with E-state index >= 15 is 0 Å². The number of aliphatic carboxylic acids is 1. The van der Waals surface area contributed by atoms with Crippen molar-refractivity contribution in [3.63, 3.8) is 0 Å².